The molecule has 4 rings (SSSR count). The highest BCUT2D eigenvalue weighted by Crippen LogP contribution is 2.34. The number of piperidine rings is 1. The van der Waals surface area contributed by atoms with Gasteiger partial charge in [-0.05, 0) is 61.1 Å². The first kappa shape index (κ1) is 17.2. The average Bonchev–Trinajstić information content (AvgIpc) is 2.59. The third-order valence-corrected chi connectivity index (χ3v) is 5.75. The van der Waals surface area contributed by atoms with Gasteiger partial charge < -0.3 is 10.4 Å². The van der Waals surface area contributed by atoms with Gasteiger partial charge in [0, 0.05) is 29.7 Å². The minimum absolute atomic E-state index is 0.147. The molecule has 3 aliphatic rings. The van der Waals surface area contributed by atoms with E-state index in [0.29, 0.717) is 17.1 Å². The summed E-state index contributed by atoms with van der Waals surface area (Å²) in [5.74, 6) is 5.56. The fraction of sp³-hybridized carbons (Fsp3) is 0.381. The smallest absolute Gasteiger partial charge is 0.306 e. The van der Waals surface area contributed by atoms with Crippen molar-refractivity contribution in [2.45, 2.75) is 31.3 Å². The molecule has 1 aromatic rings. The number of carbonyl (C=O) groups is 1. The molecule has 2 N–H and O–H groups in total. The second-order valence-corrected chi connectivity index (χ2v) is 7.63. The molecular formula is C21H21ClN2O2. The first-order valence-electron chi connectivity index (χ1n) is 9.00. The standard InChI is InChI=1S/C21H21ClN2O2/c22-17-5-1-14(2-6-17)3-7-18-8-4-15-13-24(10-9-20(15)23-18)19-11-16(12-19)21(25)26/h1-2,4-6,8,16,19-20,23H,9-13H2,(H,25,26). The van der Waals surface area contributed by atoms with E-state index in [2.05, 4.69) is 28.1 Å². The van der Waals surface area contributed by atoms with Gasteiger partial charge in [-0.15, -0.1) is 0 Å². The van der Waals surface area contributed by atoms with Gasteiger partial charge in [-0.2, -0.15) is 0 Å². The molecule has 2 heterocycles. The number of hydrogen-bond acceptors (Lipinski definition) is 3. The van der Waals surface area contributed by atoms with E-state index >= 15 is 0 Å². The van der Waals surface area contributed by atoms with Crippen molar-refractivity contribution >= 4 is 17.6 Å². The number of allylic oxidation sites excluding steroid dienone is 3. The molecule has 5 heteroatoms. The van der Waals surface area contributed by atoms with E-state index in [1.54, 1.807) is 0 Å². The maximum Gasteiger partial charge on any atom is 0.306 e. The maximum atomic E-state index is 11.0. The van der Waals surface area contributed by atoms with Crippen molar-refractivity contribution in [3.05, 3.63) is 58.3 Å². The third-order valence-electron chi connectivity index (χ3n) is 5.50. The highest BCUT2D eigenvalue weighted by molar-refractivity contribution is 6.30. The number of nitrogens with zero attached hydrogens (tertiary/aromatic N) is 1. The SMILES string of the molecule is O=C(O)C1CC(N2CCC3NC(C#Cc4ccc(Cl)cc4)=CC=C3C2)C1. The van der Waals surface area contributed by atoms with E-state index in [1.165, 1.54) is 5.57 Å². The molecule has 4 nitrogen and oxygen atoms in total. The quantitative estimate of drug-likeness (QED) is 0.788. The van der Waals surface area contributed by atoms with Gasteiger partial charge in [0.15, 0.2) is 0 Å². The van der Waals surface area contributed by atoms with E-state index in [1.807, 2.05) is 30.3 Å². The Balaban J connectivity index is 1.39. The van der Waals surface area contributed by atoms with Gasteiger partial charge in [-0.1, -0.05) is 23.6 Å². The summed E-state index contributed by atoms with van der Waals surface area (Å²) in [7, 11) is 0. The molecule has 1 saturated heterocycles. The maximum absolute atomic E-state index is 11.0. The molecule has 1 unspecified atom stereocenters. The van der Waals surface area contributed by atoms with Crippen LogP contribution in [0.1, 0.15) is 24.8 Å². The van der Waals surface area contributed by atoms with Crippen LogP contribution in [0.3, 0.4) is 0 Å². The van der Waals surface area contributed by atoms with Crippen molar-refractivity contribution in [1.29, 1.82) is 0 Å². The molecule has 1 atom stereocenters. The summed E-state index contributed by atoms with van der Waals surface area (Å²) in [5.41, 5.74) is 3.25. The number of benzene rings is 1. The largest absolute Gasteiger partial charge is 0.481 e. The minimum Gasteiger partial charge on any atom is -0.481 e. The predicted molar refractivity (Wildman–Crippen MR) is 102 cm³/mol. The Morgan fingerprint density at radius 2 is 1.96 bits per heavy atom. The lowest BCUT2D eigenvalue weighted by Gasteiger charge is -2.46. The summed E-state index contributed by atoms with van der Waals surface area (Å²) in [6.07, 6.45) is 6.81. The number of likely N-dealkylation sites (tertiary alicyclic amines) is 1. The molecular weight excluding hydrogens is 348 g/mol. The first-order valence-corrected chi connectivity index (χ1v) is 9.38. The summed E-state index contributed by atoms with van der Waals surface area (Å²) in [6, 6.07) is 8.28. The zero-order valence-corrected chi connectivity index (χ0v) is 15.2. The summed E-state index contributed by atoms with van der Waals surface area (Å²) in [6.45, 7) is 1.92. The Labute approximate surface area is 158 Å². The number of carboxylic acid groups (broad SMARTS) is 1. The Morgan fingerprint density at radius 1 is 1.19 bits per heavy atom. The first-order chi connectivity index (χ1) is 12.6. The number of carboxylic acids is 1. The Kier molecular flexibility index (Phi) is 4.76. The fourth-order valence-corrected chi connectivity index (χ4v) is 3.94. The molecule has 0 spiro atoms. The molecule has 2 fully saturated rings. The van der Waals surface area contributed by atoms with Crippen LogP contribution < -0.4 is 5.32 Å². The van der Waals surface area contributed by atoms with E-state index in [-0.39, 0.29) is 5.92 Å². The number of halogens is 1. The number of dihydropyridines is 1. The molecule has 1 aliphatic carbocycles. The number of rotatable bonds is 2. The second-order valence-electron chi connectivity index (χ2n) is 7.20. The second kappa shape index (κ2) is 7.19. The molecule has 26 heavy (non-hydrogen) atoms. The average molecular weight is 369 g/mol. The highest BCUT2D eigenvalue weighted by Gasteiger charge is 2.40. The van der Waals surface area contributed by atoms with Crippen LogP contribution in [0.2, 0.25) is 5.02 Å². The van der Waals surface area contributed by atoms with Crippen molar-refractivity contribution in [3.8, 4) is 11.8 Å². The normalized spacial score (nSPS) is 27.7. The summed E-state index contributed by atoms with van der Waals surface area (Å²) in [4.78, 5) is 13.4. The van der Waals surface area contributed by atoms with Crippen LogP contribution in [0, 0.1) is 17.8 Å². The Bertz CT molecular complexity index is 826. The van der Waals surface area contributed by atoms with Crippen LogP contribution in [0.15, 0.2) is 47.7 Å². The molecule has 2 aliphatic heterocycles. The molecule has 0 amide bonds. The highest BCUT2D eigenvalue weighted by atomic mass is 35.5. The summed E-state index contributed by atoms with van der Waals surface area (Å²) < 4.78 is 0. The zero-order valence-electron chi connectivity index (χ0n) is 14.4. The Morgan fingerprint density at radius 3 is 2.69 bits per heavy atom. The van der Waals surface area contributed by atoms with Crippen molar-refractivity contribution in [2.75, 3.05) is 13.1 Å². The van der Waals surface area contributed by atoms with Crippen molar-refractivity contribution < 1.29 is 9.90 Å². The van der Waals surface area contributed by atoms with E-state index in [4.69, 9.17) is 16.7 Å². The fourth-order valence-electron chi connectivity index (χ4n) is 3.81. The van der Waals surface area contributed by atoms with Gasteiger partial charge >= 0.3 is 5.97 Å². The van der Waals surface area contributed by atoms with Crippen molar-refractivity contribution in [2.24, 2.45) is 5.92 Å². The molecule has 1 aromatic carbocycles. The number of nitrogens with one attached hydrogen (secondary N) is 1. The molecule has 0 bridgehead atoms. The van der Waals surface area contributed by atoms with Gasteiger partial charge in [0.2, 0.25) is 0 Å². The van der Waals surface area contributed by atoms with Crippen LogP contribution in [0.5, 0.6) is 0 Å². The molecule has 1 saturated carbocycles. The lowest BCUT2D eigenvalue weighted by Crippen LogP contribution is -2.53. The monoisotopic (exact) mass is 368 g/mol. The van der Waals surface area contributed by atoms with E-state index in [9.17, 15) is 4.79 Å². The Hall–Kier alpha value is -2.22. The minimum atomic E-state index is -0.651. The van der Waals surface area contributed by atoms with E-state index in [0.717, 1.165) is 43.6 Å². The zero-order chi connectivity index (χ0) is 18.1. The summed E-state index contributed by atoms with van der Waals surface area (Å²) >= 11 is 5.90. The third kappa shape index (κ3) is 3.65. The number of fused-ring (bicyclic) bond motifs is 1. The summed E-state index contributed by atoms with van der Waals surface area (Å²) in [5, 5.41) is 13.3. The van der Waals surface area contributed by atoms with Gasteiger partial charge in [0.25, 0.3) is 0 Å². The van der Waals surface area contributed by atoms with Gasteiger partial charge in [-0.3, -0.25) is 9.69 Å². The van der Waals surface area contributed by atoms with Crippen LogP contribution in [0.25, 0.3) is 0 Å². The number of aliphatic carboxylic acids is 1. The van der Waals surface area contributed by atoms with E-state index < -0.39 is 5.97 Å². The van der Waals surface area contributed by atoms with Gasteiger partial charge in [0.1, 0.15) is 0 Å². The molecule has 0 radical (unpaired) electrons. The predicted octanol–water partition coefficient (Wildman–Crippen LogP) is 3.04. The lowest BCUT2D eigenvalue weighted by molar-refractivity contribution is -0.147. The van der Waals surface area contributed by atoms with Crippen molar-refractivity contribution in [3.63, 3.8) is 0 Å². The number of hydrogen-bond donors (Lipinski definition) is 2. The van der Waals surface area contributed by atoms with Crippen molar-refractivity contribution in [1.82, 2.24) is 10.2 Å². The van der Waals surface area contributed by atoms with Crippen LogP contribution in [-0.4, -0.2) is 41.1 Å². The molecule has 0 aromatic heterocycles. The lowest BCUT2D eigenvalue weighted by atomic mass is 9.78. The van der Waals surface area contributed by atoms with Crippen LogP contribution >= 0.6 is 11.6 Å². The topological polar surface area (TPSA) is 52.6 Å². The van der Waals surface area contributed by atoms with Crippen LogP contribution in [0.4, 0.5) is 0 Å². The molecule has 134 valence electrons. The van der Waals surface area contributed by atoms with Gasteiger partial charge in [-0.25, -0.2) is 0 Å². The van der Waals surface area contributed by atoms with Gasteiger partial charge in [0.05, 0.1) is 17.7 Å². The van der Waals surface area contributed by atoms with Crippen LogP contribution in [-0.2, 0) is 4.79 Å².